The van der Waals surface area contributed by atoms with Crippen LogP contribution in [0.25, 0.3) is 33.6 Å². The number of rotatable bonds is 5. The number of benzene rings is 3. The Kier molecular flexibility index (Phi) is 4.97. The molecule has 0 spiro atoms. The summed E-state index contributed by atoms with van der Waals surface area (Å²) in [6.45, 7) is 4.28. The molecule has 0 aliphatic heterocycles. The first-order valence-corrected chi connectivity index (χ1v) is 10.5. The lowest BCUT2D eigenvalue weighted by atomic mass is 9.98. The van der Waals surface area contributed by atoms with E-state index in [1.54, 1.807) is 0 Å². The molecular weight excluding hydrogens is 398 g/mol. The summed E-state index contributed by atoms with van der Waals surface area (Å²) in [7, 11) is 0. The summed E-state index contributed by atoms with van der Waals surface area (Å²) in [5, 5.41) is 13.1. The molecule has 0 saturated carbocycles. The average molecular weight is 419 g/mol. The van der Waals surface area contributed by atoms with Gasteiger partial charge in [-0.05, 0) is 29.2 Å². The molecule has 2 heterocycles. The van der Waals surface area contributed by atoms with Gasteiger partial charge >= 0.3 is 6.01 Å². The van der Waals surface area contributed by atoms with Gasteiger partial charge in [0.2, 0.25) is 5.88 Å². The molecule has 0 radical (unpaired) electrons. The second-order valence-corrected chi connectivity index (χ2v) is 7.88. The van der Waals surface area contributed by atoms with Gasteiger partial charge < -0.3 is 8.83 Å². The highest BCUT2D eigenvalue weighted by molar-refractivity contribution is 5.89. The quantitative estimate of drug-likeness (QED) is 0.319. The molecule has 0 aliphatic carbocycles. The van der Waals surface area contributed by atoms with E-state index in [4.69, 9.17) is 8.83 Å². The summed E-state index contributed by atoms with van der Waals surface area (Å²) >= 11 is 0. The molecule has 0 unspecified atom stereocenters. The van der Waals surface area contributed by atoms with Gasteiger partial charge in [-0.2, -0.15) is 10.2 Å². The number of nitriles is 1. The van der Waals surface area contributed by atoms with Gasteiger partial charge in [0.15, 0.2) is 5.58 Å². The Morgan fingerprint density at radius 3 is 2.22 bits per heavy atom. The van der Waals surface area contributed by atoms with Crippen molar-refractivity contribution in [3.05, 3.63) is 90.0 Å². The van der Waals surface area contributed by atoms with E-state index in [2.05, 4.69) is 30.2 Å². The number of nitrogens with zero attached hydrogens (tertiary/aromatic N) is 2. The highest BCUT2D eigenvalue weighted by atomic mass is 16.4. The number of anilines is 2. The highest BCUT2D eigenvalue weighted by Crippen LogP contribution is 2.42. The fraction of sp³-hybridized carbons (Fsp3) is 0.111. The van der Waals surface area contributed by atoms with Gasteiger partial charge in [-0.15, -0.1) is 0 Å². The summed E-state index contributed by atoms with van der Waals surface area (Å²) in [5.41, 5.74) is 5.55. The smallest absolute Gasteiger partial charge is 0.302 e. The lowest BCUT2D eigenvalue weighted by Crippen LogP contribution is -1.91. The Bertz CT molecular complexity index is 1420. The van der Waals surface area contributed by atoms with Crippen LogP contribution in [-0.4, -0.2) is 4.98 Å². The molecule has 0 atom stereocenters. The fourth-order valence-corrected chi connectivity index (χ4v) is 3.75. The van der Waals surface area contributed by atoms with Crippen LogP contribution in [0.2, 0.25) is 0 Å². The Morgan fingerprint density at radius 1 is 0.875 bits per heavy atom. The first-order valence-electron chi connectivity index (χ1n) is 10.5. The van der Waals surface area contributed by atoms with Crippen molar-refractivity contribution in [1.29, 1.82) is 5.26 Å². The minimum atomic E-state index is 0.283. The van der Waals surface area contributed by atoms with Crippen LogP contribution in [0.4, 0.5) is 11.9 Å². The van der Waals surface area contributed by atoms with Crippen LogP contribution in [0.15, 0.2) is 87.7 Å². The number of hydrogen-bond acceptors (Lipinski definition) is 5. The molecule has 0 fully saturated rings. The molecule has 2 aromatic heterocycles. The zero-order valence-electron chi connectivity index (χ0n) is 17.8. The molecule has 1 N–H and O–H groups in total. The van der Waals surface area contributed by atoms with Crippen molar-refractivity contribution in [2.45, 2.75) is 19.8 Å². The third-order valence-electron chi connectivity index (χ3n) is 5.42. The molecule has 0 aliphatic rings. The van der Waals surface area contributed by atoms with Crippen LogP contribution in [0.3, 0.4) is 0 Å². The van der Waals surface area contributed by atoms with Crippen molar-refractivity contribution in [3.63, 3.8) is 0 Å². The van der Waals surface area contributed by atoms with E-state index in [0.717, 1.165) is 22.2 Å². The minimum absolute atomic E-state index is 0.283. The molecule has 5 rings (SSSR count). The zero-order chi connectivity index (χ0) is 22.1. The Labute approximate surface area is 185 Å². The molecule has 156 valence electrons. The minimum Gasteiger partial charge on any atom is -0.438 e. The maximum Gasteiger partial charge on any atom is 0.302 e. The third kappa shape index (κ3) is 3.52. The molecule has 0 amide bonds. The second kappa shape index (κ2) is 8.09. The topological polar surface area (TPSA) is 75.0 Å². The SMILES string of the molecule is CC(C)c1ccc2oc(Nc3oc(-c4ccccc4)c(-c4ccccc4)c3C#N)nc2c1. The molecule has 0 saturated heterocycles. The first-order chi connectivity index (χ1) is 15.6. The van der Waals surface area contributed by atoms with E-state index < -0.39 is 0 Å². The van der Waals surface area contributed by atoms with Gasteiger partial charge in [-0.3, -0.25) is 5.32 Å². The lowest BCUT2D eigenvalue weighted by Gasteiger charge is -2.03. The standard InChI is InChI=1S/C27H21N3O2/c1-17(2)20-13-14-23-22(15-20)29-27(31-23)30-26-21(16-28)24(18-9-5-3-6-10-18)25(32-26)19-11-7-4-8-12-19/h3-15,17H,1-2H3,(H,29,30). The van der Waals surface area contributed by atoms with E-state index in [1.165, 1.54) is 5.56 Å². The molecule has 5 nitrogen and oxygen atoms in total. The predicted octanol–water partition coefficient (Wildman–Crippen LogP) is 7.49. The van der Waals surface area contributed by atoms with E-state index >= 15 is 0 Å². The summed E-state index contributed by atoms with van der Waals surface area (Å²) in [5.74, 6) is 1.32. The number of furan rings is 1. The maximum absolute atomic E-state index is 10.0. The van der Waals surface area contributed by atoms with Crippen LogP contribution in [0.5, 0.6) is 0 Å². The molecule has 32 heavy (non-hydrogen) atoms. The van der Waals surface area contributed by atoms with Crippen LogP contribution < -0.4 is 5.32 Å². The molecule has 0 bridgehead atoms. The van der Waals surface area contributed by atoms with Gasteiger partial charge in [0, 0.05) is 11.1 Å². The maximum atomic E-state index is 10.0. The fourth-order valence-electron chi connectivity index (χ4n) is 3.75. The van der Waals surface area contributed by atoms with E-state index in [1.807, 2.05) is 78.9 Å². The van der Waals surface area contributed by atoms with E-state index in [0.29, 0.717) is 28.7 Å². The number of aromatic nitrogens is 1. The second-order valence-electron chi connectivity index (χ2n) is 7.88. The summed E-state index contributed by atoms with van der Waals surface area (Å²) in [6.07, 6.45) is 0. The van der Waals surface area contributed by atoms with Crippen molar-refractivity contribution in [3.8, 4) is 28.5 Å². The number of fused-ring (bicyclic) bond motifs is 1. The zero-order valence-corrected chi connectivity index (χ0v) is 17.8. The van der Waals surface area contributed by atoms with Crippen molar-refractivity contribution in [2.24, 2.45) is 0 Å². The Balaban J connectivity index is 1.63. The van der Waals surface area contributed by atoms with Gasteiger partial charge in [-0.25, -0.2) is 0 Å². The van der Waals surface area contributed by atoms with Crippen molar-refractivity contribution < 1.29 is 8.83 Å². The average Bonchev–Trinajstić information content (AvgIpc) is 3.40. The lowest BCUT2D eigenvalue weighted by molar-refractivity contribution is 0.580. The molecular formula is C27H21N3O2. The van der Waals surface area contributed by atoms with Crippen LogP contribution in [0, 0.1) is 11.3 Å². The van der Waals surface area contributed by atoms with Crippen molar-refractivity contribution in [1.82, 2.24) is 4.98 Å². The number of nitrogens with one attached hydrogen (secondary N) is 1. The van der Waals surface area contributed by atoms with Crippen molar-refractivity contribution >= 4 is 23.0 Å². The summed E-state index contributed by atoms with van der Waals surface area (Å²) in [4.78, 5) is 4.56. The van der Waals surface area contributed by atoms with Gasteiger partial charge in [-0.1, -0.05) is 80.6 Å². The Morgan fingerprint density at radius 2 is 1.56 bits per heavy atom. The third-order valence-corrected chi connectivity index (χ3v) is 5.42. The van der Waals surface area contributed by atoms with E-state index in [-0.39, 0.29) is 6.01 Å². The molecule has 5 aromatic rings. The predicted molar refractivity (Wildman–Crippen MR) is 126 cm³/mol. The normalized spacial score (nSPS) is 11.1. The van der Waals surface area contributed by atoms with Crippen LogP contribution in [0.1, 0.15) is 30.9 Å². The van der Waals surface area contributed by atoms with Gasteiger partial charge in [0.05, 0.1) is 0 Å². The molecule has 5 heteroatoms. The summed E-state index contributed by atoms with van der Waals surface area (Å²) in [6, 6.07) is 28.1. The van der Waals surface area contributed by atoms with Gasteiger partial charge in [0.25, 0.3) is 0 Å². The molecule has 3 aromatic carbocycles. The summed E-state index contributed by atoms with van der Waals surface area (Å²) < 4.78 is 12.1. The van der Waals surface area contributed by atoms with Crippen LogP contribution >= 0.6 is 0 Å². The highest BCUT2D eigenvalue weighted by Gasteiger charge is 2.24. The van der Waals surface area contributed by atoms with E-state index in [9.17, 15) is 5.26 Å². The van der Waals surface area contributed by atoms with Crippen molar-refractivity contribution in [2.75, 3.05) is 5.32 Å². The van der Waals surface area contributed by atoms with Gasteiger partial charge in [0.1, 0.15) is 22.9 Å². The number of oxazole rings is 1. The van der Waals surface area contributed by atoms with Crippen LogP contribution in [-0.2, 0) is 0 Å². The first kappa shape index (κ1) is 19.7. The Hall–Kier alpha value is -4.30. The number of hydrogen-bond donors (Lipinski definition) is 1. The monoisotopic (exact) mass is 419 g/mol. The largest absolute Gasteiger partial charge is 0.438 e.